The fourth-order valence-corrected chi connectivity index (χ4v) is 4.81. The Kier molecular flexibility index (Phi) is 6.48. The summed E-state index contributed by atoms with van der Waals surface area (Å²) in [6, 6.07) is 7.19. The Hall–Kier alpha value is -1.15. The molecular weight excluding hydrogens is 299 g/mol. The van der Waals surface area contributed by atoms with Gasteiger partial charge in [0.1, 0.15) is 5.82 Å². The minimum Gasteiger partial charge on any atom is -0.381 e. The molecule has 2 fully saturated rings. The van der Waals surface area contributed by atoms with Crippen LogP contribution in [0.2, 0.25) is 0 Å². The van der Waals surface area contributed by atoms with Crippen LogP contribution in [0.25, 0.3) is 0 Å². The van der Waals surface area contributed by atoms with E-state index in [9.17, 15) is 4.39 Å². The molecule has 0 aliphatic heterocycles. The summed E-state index contributed by atoms with van der Waals surface area (Å²) < 4.78 is 18.2. The van der Waals surface area contributed by atoms with Crippen molar-refractivity contribution in [3.8, 4) is 0 Å². The van der Waals surface area contributed by atoms with Gasteiger partial charge in [-0.3, -0.25) is 0 Å². The first-order valence-electron chi connectivity index (χ1n) is 9.67. The lowest BCUT2D eigenvalue weighted by atomic mass is 9.68. The molecule has 0 spiro atoms. The lowest BCUT2D eigenvalue weighted by Gasteiger charge is -2.37. The zero-order valence-corrected chi connectivity index (χ0v) is 14.9. The van der Waals surface area contributed by atoms with E-state index in [4.69, 9.17) is 4.74 Å². The van der Waals surface area contributed by atoms with Gasteiger partial charge in [-0.1, -0.05) is 24.3 Å². The molecular formula is C22H31FO. The zero-order valence-electron chi connectivity index (χ0n) is 14.9. The lowest BCUT2D eigenvalue weighted by molar-refractivity contribution is 0.171. The second kappa shape index (κ2) is 8.80. The van der Waals surface area contributed by atoms with Crippen molar-refractivity contribution in [1.29, 1.82) is 0 Å². The molecule has 0 saturated heterocycles. The molecule has 2 aliphatic rings. The van der Waals surface area contributed by atoms with Crippen LogP contribution < -0.4 is 0 Å². The molecule has 1 aromatic rings. The molecule has 0 unspecified atom stereocenters. The van der Waals surface area contributed by atoms with Crippen molar-refractivity contribution in [3.63, 3.8) is 0 Å². The Morgan fingerprint density at radius 1 is 0.917 bits per heavy atom. The summed E-state index contributed by atoms with van der Waals surface area (Å²) >= 11 is 0. The quantitative estimate of drug-likeness (QED) is 0.592. The molecule has 0 atom stereocenters. The molecule has 0 amide bonds. The Labute approximate surface area is 146 Å². The molecule has 0 bridgehead atoms. The van der Waals surface area contributed by atoms with E-state index in [0.717, 1.165) is 24.4 Å². The lowest BCUT2D eigenvalue weighted by Crippen LogP contribution is -2.25. The second-order valence-corrected chi connectivity index (χ2v) is 7.72. The normalized spacial score (nSPS) is 31.4. The smallest absolute Gasteiger partial charge is 0.123 e. The predicted molar refractivity (Wildman–Crippen MR) is 97.6 cm³/mol. The maximum Gasteiger partial charge on any atom is 0.123 e. The van der Waals surface area contributed by atoms with Crippen molar-refractivity contribution >= 4 is 0 Å². The van der Waals surface area contributed by atoms with Crippen molar-refractivity contribution in [1.82, 2.24) is 0 Å². The predicted octanol–water partition coefficient (Wildman–Crippen LogP) is 6.11. The number of halogens is 1. The van der Waals surface area contributed by atoms with Crippen molar-refractivity contribution in [3.05, 3.63) is 47.8 Å². The van der Waals surface area contributed by atoms with Gasteiger partial charge in [-0.05, 0) is 92.7 Å². The highest BCUT2D eigenvalue weighted by Gasteiger charge is 2.30. The van der Waals surface area contributed by atoms with Gasteiger partial charge in [0.05, 0.1) is 6.61 Å². The first-order chi connectivity index (χ1) is 11.8. The van der Waals surface area contributed by atoms with Gasteiger partial charge in [-0.25, -0.2) is 4.39 Å². The minimum absolute atomic E-state index is 0.122. The topological polar surface area (TPSA) is 9.23 Å². The highest BCUT2D eigenvalue weighted by molar-refractivity contribution is 5.21. The van der Waals surface area contributed by atoms with Crippen LogP contribution in [0.3, 0.4) is 0 Å². The van der Waals surface area contributed by atoms with E-state index in [1.807, 2.05) is 12.1 Å². The summed E-state index contributed by atoms with van der Waals surface area (Å²) in [7, 11) is 1.75. The fraction of sp³-hybridized carbons (Fsp3) is 0.636. The van der Waals surface area contributed by atoms with Crippen LogP contribution >= 0.6 is 0 Å². The highest BCUT2D eigenvalue weighted by atomic mass is 19.1. The first kappa shape index (κ1) is 17.7. The van der Waals surface area contributed by atoms with E-state index in [0.29, 0.717) is 5.92 Å². The number of hydrogen-bond donors (Lipinski definition) is 0. The molecule has 3 rings (SSSR count). The summed E-state index contributed by atoms with van der Waals surface area (Å²) in [6.45, 7) is 0.743. The molecule has 132 valence electrons. The van der Waals surface area contributed by atoms with Crippen molar-refractivity contribution in [2.75, 3.05) is 13.7 Å². The maximum atomic E-state index is 13.1. The molecule has 2 saturated carbocycles. The van der Waals surface area contributed by atoms with Crippen molar-refractivity contribution in [2.45, 2.75) is 57.3 Å². The number of methoxy groups -OCH3 is 1. The van der Waals surface area contributed by atoms with Gasteiger partial charge in [0, 0.05) is 7.11 Å². The fourth-order valence-electron chi connectivity index (χ4n) is 4.81. The van der Waals surface area contributed by atoms with E-state index < -0.39 is 0 Å². The molecule has 1 nitrogen and oxygen atoms in total. The van der Waals surface area contributed by atoms with E-state index in [2.05, 4.69) is 12.2 Å². The van der Waals surface area contributed by atoms with Gasteiger partial charge in [-0.2, -0.15) is 0 Å². The van der Waals surface area contributed by atoms with Crippen LogP contribution in [0, 0.1) is 23.6 Å². The summed E-state index contributed by atoms with van der Waals surface area (Å²) in [6.07, 6.45) is 15.3. The third-order valence-electron chi connectivity index (χ3n) is 6.27. The van der Waals surface area contributed by atoms with Gasteiger partial charge in [-0.15, -0.1) is 0 Å². The van der Waals surface area contributed by atoms with Gasteiger partial charge in [0.2, 0.25) is 0 Å². The molecule has 0 aromatic heterocycles. The largest absolute Gasteiger partial charge is 0.381 e. The van der Waals surface area contributed by atoms with Crippen LogP contribution in [-0.2, 0) is 4.74 Å². The van der Waals surface area contributed by atoms with Crippen LogP contribution in [0.15, 0.2) is 36.4 Å². The van der Waals surface area contributed by atoms with E-state index in [1.165, 1.54) is 56.9 Å². The summed E-state index contributed by atoms with van der Waals surface area (Å²) in [4.78, 5) is 0. The summed E-state index contributed by atoms with van der Waals surface area (Å²) in [5, 5.41) is 0. The van der Waals surface area contributed by atoms with Gasteiger partial charge in [0.25, 0.3) is 0 Å². The van der Waals surface area contributed by atoms with Crippen LogP contribution in [0.5, 0.6) is 0 Å². The number of rotatable bonds is 5. The molecule has 0 N–H and O–H groups in total. The maximum absolute atomic E-state index is 13.1. The number of allylic oxidation sites excluding steroid dienone is 1. The average molecular weight is 330 g/mol. The molecule has 24 heavy (non-hydrogen) atoms. The third kappa shape index (κ3) is 4.69. The first-order valence-corrected chi connectivity index (χ1v) is 9.67. The molecule has 0 radical (unpaired) electrons. The second-order valence-electron chi connectivity index (χ2n) is 7.72. The Morgan fingerprint density at radius 2 is 1.50 bits per heavy atom. The monoisotopic (exact) mass is 330 g/mol. The van der Waals surface area contributed by atoms with E-state index in [1.54, 1.807) is 19.2 Å². The standard InChI is InChI=1S/C22H31FO/c1-24-16-2-3-17-4-6-18(7-5-17)19-8-10-20(11-9-19)21-12-14-22(23)15-13-21/h2-3,12-15,17-20H,4-11,16H2,1H3/b3-2+/t17-,18-,19?,20?. The molecule has 2 heteroatoms. The Bertz CT molecular complexity index is 505. The number of ether oxygens (including phenoxy) is 1. The highest BCUT2D eigenvalue weighted by Crippen LogP contribution is 2.44. The summed E-state index contributed by atoms with van der Waals surface area (Å²) in [5.74, 6) is 3.16. The molecule has 2 aliphatic carbocycles. The van der Waals surface area contributed by atoms with Crippen LogP contribution in [0.4, 0.5) is 4.39 Å². The van der Waals surface area contributed by atoms with Crippen molar-refractivity contribution in [2.24, 2.45) is 17.8 Å². The van der Waals surface area contributed by atoms with E-state index >= 15 is 0 Å². The minimum atomic E-state index is -0.122. The van der Waals surface area contributed by atoms with Gasteiger partial charge in [0.15, 0.2) is 0 Å². The Balaban J connectivity index is 1.43. The molecule has 0 heterocycles. The SMILES string of the molecule is COC/C=C/[C@H]1CC[C@H](C2CCC(c3ccc(F)cc3)CC2)CC1. The number of hydrogen-bond acceptors (Lipinski definition) is 1. The Morgan fingerprint density at radius 3 is 2.08 bits per heavy atom. The van der Waals surface area contributed by atoms with Crippen molar-refractivity contribution < 1.29 is 9.13 Å². The third-order valence-corrected chi connectivity index (χ3v) is 6.27. The summed E-state index contributed by atoms with van der Waals surface area (Å²) in [5.41, 5.74) is 1.34. The van der Waals surface area contributed by atoms with Crippen LogP contribution in [0.1, 0.15) is 62.8 Å². The van der Waals surface area contributed by atoms with Gasteiger partial charge < -0.3 is 4.74 Å². The zero-order chi connectivity index (χ0) is 16.8. The number of benzene rings is 1. The molecule has 1 aromatic carbocycles. The van der Waals surface area contributed by atoms with Gasteiger partial charge >= 0.3 is 0 Å². The average Bonchev–Trinajstić information content (AvgIpc) is 2.63. The van der Waals surface area contributed by atoms with E-state index in [-0.39, 0.29) is 5.82 Å². The van der Waals surface area contributed by atoms with Crippen LogP contribution in [-0.4, -0.2) is 13.7 Å².